The Labute approximate surface area is 101 Å². The third-order valence-corrected chi connectivity index (χ3v) is 2.77. The predicted molar refractivity (Wildman–Crippen MR) is 63.2 cm³/mol. The van der Waals surface area contributed by atoms with E-state index in [0.717, 1.165) is 6.42 Å². The smallest absolute Gasteiger partial charge is 0.249 e. The van der Waals surface area contributed by atoms with E-state index in [0.29, 0.717) is 19.5 Å². The molecule has 3 atom stereocenters. The van der Waals surface area contributed by atoms with Gasteiger partial charge in [0.1, 0.15) is 12.1 Å². The fourth-order valence-corrected chi connectivity index (χ4v) is 1.77. The van der Waals surface area contributed by atoms with E-state index in [1.165, 1.54) is 0 Å². The number of hydrogen-bond acceptors (Lipinski definition) is 4. The minimum atomic E-state index is -0.539. The van der Waals surface area contributed by atoms with Crippen LogP contribution < -0.4 is 16.4 Å². The second-order valence-electron chi connectivity index (χ2n) is 4.18. The van der Waals surface area contributed by atoms with Gasteiger partial charge in [0.25, 0.3) is 0 Å². The summed E-state index contributed by atoms with van der Waals surface area (Å²) in [6, 6.07) is -0.539. The van der Waals surface area contributed by atoms with E-state index >= 15 is 0 Å². The van der Waals surface area contributed by atoms with E-state index in [9.17, 15) is 9.59 Å². The lowest BCUT2D eigenvalue weighted by Crippen LogP contribution is -2.48. The number of amides is 2. The van der Waals surface area contributed by atoms with Crippen molar-refractivity contribution in [3.63, 3.8) is 0 Å². The molecule has 1 heterocycles. The molecule has 3 unspecified atom stereocenters. The maximum atomic E-state index is 11.8. The molecule has 0 aromatic heterocycles. The van der Waals surface area contributed by atoms with Crippen LogP contribution in [0.1, 0.15) is 26.7 Å². The Morgan fingerprint density at radius 2 is 2.18 bits per heavy atom. The van der Waals surface area contributed by atoms with Crippen molar-refractivity contribution in [2.24, 2.45) is 5.73 Å². The molecule has 0 aromatic rings. The summed E-state index contributed by atoms with van der Waals surface area (Å²) in [6.45, 7) is 4.46. The molecule has 0 radical (unpaired) electrons. The molecule has 0 saturated carbocycles. The second-order valence-corrected chi connectivity index (χ2v) is 4.18. The van der Waals surface area contributed by atoms with Gasteiger partial charge in [-0.05, 0) is 26.7 Å². The average Bonchev–Trinajstić information content (AvgIpc) is 2.77. The van der Waals surface area contributed by atoms with Gasteiger partial charge in [0, 0.05) is 13.1 Å². The highest BCUT2D eigenvalue weighted by molar-refractivity contribution is 5.89. The highest BCUT2D eigenvalue weighted by Gasteiger charge is 2.31. The zero-order valence-electron chi connectivity index (χ0n) is 10.4. The Balaban J connectivity index is 2.36. The van der Waals surface area contributed by atoms with Crippen LogP contribution in [-0.2, 0) is 14.3 Å². The second kappa shape index (κ2) is 6.56. The summed E-state index contributed by atoms with van der Waals surface area (Å²) >= 11 is 0. The molecular weight excluding hydrogens is 222 g/mol. The zero-order chi connectivity index (χ0) is 12.8. The monoisotopic (exact) mass is 243 g/mol. The van der Waals surface area contributed by atoms with E-state index in [2.05, 4.69) is 10.6 Å². The highest BCUT2D eigenvalue weighted by Crippen LogP contribution is 2.18. The molecule has 0 spiro atoms. The number of hydrogen-bond donors (Lipinski definition) is 3. The van der Waals surface area contributed by atoms with Crippen molar-refractivity contribution in [1.29, 1.82) is 0 Å². The Morgan fingerprint density at radius 1 is 1.47 bits per heavy atom. The minimum absolute atomic E-state index is 0.0366. The van der Waals surface area contributed by atoms with Crippen LogP contribution in [-0.4, -0.2) is 43.2 Å². The summed E-state index contributed by atoms with van der Waals surface area (Å²) in [7, 11) is 0. The van der Waals surface area contributed by atoms with Crippen molar-refractivity contribution in [3.8, 4) is 0 Å². The molecule has 1 aliphatic heterocycles. The maximum absolute atomic E-state index is 11.8. The molecule has 1 saturated heterocycles. The van der Waals surface area contributed by atoms with Crippen molar-refractivity contribution in [2.75, 3.05) is 13.1 Å². The number of nitrogens with one attached hydrogen (secondary N) is 2. The van der Waals surface area contributed by atoms with Crippen LogP contribution >= 0.6 is 0 Å². The first-order valence-corrected chi connectivity index (χ1v) is 6.02. The van der Waals surface area contributed by atoms with Gasteiger partial charge in [0.15, 0.2) is 0 Å². The van der Waals surface area contributed by atoms with E-state index in [4.69, 9.17) is 10.5 Å². The number of carbonyl (C=O) groups is 2. The summed E-state index contributed by atoms with van der Waals surface area (Å²) < 4.78 is 5.44. The third kappa shape index (κ3) is 3.98. The molecule has 1 rings (SSSR count). The first-order valence-electron chi connectivity index (χ1n) is 6.02. The summed E-state index contributed by atoms with van der Waals surface area (Å²) in [6.07, 6.45) is 0.950. The SMILES string of the molecule is CCNC(=O)C(C)NC(=O)C1CCC(CN)O1. The fraction of sp³-hybridized carbons (Fsp3) is 0.818. The van der Waals surface area contributed by atoms with Crippen LogP contribution in [0.25, 0.3) is 0 Å². The molecule has 0 bridgehead atoms. The van der Waals surface area contributed by atoms with Gasteiger partial charge >= 0.3 is 0 Å². The Hall–Kier alpha value is -1.14. The van der Waals surface area contributed by atoms with Gasteiger partial charge in [-0.1, -0.05) is 0 Å². The molecule has 0 aromatic carbocycles. The van der Waals surface area contributed by atoms with Gasteiger partial charge < -0.3 is 21.1 Å². The van der Waals surface area contributed by atoms with Crippen LogP contribution in [0.3, 0.4) is 0 Å². The lowest BCUT2D eigenvalue weighted by molar-refractivity contribution is -0.135. The molecular formula is C11H21N3O3. The van der Waals surface area contributed by atoms with Crippen LogP contribution in [0, 0.1) is 0 Å². The van der Waals surface area contributed by atoms with E-state index in [1.807, 2.05) is 6.92 Å². The Morgan fingerprint density at radius 3 is 2.71 bits per heavy atom. The number of carbonyl (C=O) groups excluding carboxylic acids is 2. The lowest BCUT2D eigenvalue weighted by atomic mass is 10.2. The molecule has 17 heavy (non-hydrogen) atoms. The Bertz CT molecular complexity index is 283. The summed E-state index contributed by atoms with van der Waals surface area (Å²) in [5, 5.41) is 5.28. The van der Waals surface area contributed by atoms with Gasteiger partial charge in [-0.3, -0.25) is 9.59 Å². The van der Waals surface area contributed by atoms with Crippen LogP contribution in [0.5, 0.6) is 0 Å². The normalized spacial score (nSPS) is 25.4. The molecule has 0 aliphatic carbocycles. The molecule has 6 nitrogen and oxygen atoms in total. The molecule has 2 amide bonds. The molecule has 4 N–H and O–H groups in total. The van der Waals surface area contributed by atoms with Crippen LogP contribution in [0.15, 0.2) is 0 Å². The first-order chi connectivity index (χ1) is 8.08. The van der Waals surface area contributed by atoms with Crippen LogP contribution in [0.2, 0.25) is 0 Å². The van der Waals surface area contributed by atoms with Gasteiger partial charge in [-0.25, -0.2) is 0 Å². The zero-order valence-corrected chi connectivity index (χ0v) is 10.4. The van der Waals surface area contributed by atoms with Crippen molar-refractivity contribution in [2.45, 2.75) is 44.9 Å². The van der Waals surface area contributed by atoms with Gasteiger partial charge in [0.2, 0.25) is 11.8 Å². The summed E-state index contributed by atoms with van der Waals surface area (Å²) in [5.41, 5.74) is 5.46. The minimum Gasteiger partial charge on any atom is -0.364 e. The van der Waals surface area contributed by atoms with E-state index < -0.39 is 12.1 Å². The Kier molecular flexibility index (Phi) is 5.37. The predicted octanol–water partition coefficient (Wildman–Crippen LogP) is -0.866. The van der Waals surface area contributed by atoms with Crippen molar-refractivity contribution in [1.82, 2.24) is 10.6 Å². The summed E-state index contributed by atoms with van der Waals surface area (Å²) in [4.78, 5) is 23.2. The van der Waals surface area contributed by atoms with Gasteiger partial charge in [0.05, 0.1) is 6.10 Å². The van der Waals surface area contributed by atoms with Crippen molar-refractivity contribution < 1.29 is 14.3 Å². The summed E-state index contributed by atoms with van der Waals surface area (Å²) in [5.74, 6) is -0.422. The van der Waals surface area contributed by atoms with Gasteiger partial charge in [-0.15, -0.1) is 0 Å². The topological polar surface area (TPSA) is 93.5 Å². The molecule has 1 fully saturated rings. The largest absolute Gasteiger partial charge is 0.364 e. The van der Waals surface area contributed by atoms with Crippen molar-refractivity contribution in [3.05, 3.63) is 0 Å². The van der Waals surface area contributed by atoms with Gasteiger partial charge in [-0.2, -0.15) is 0 Å². The molecule has 1 aliphatic rings. The number of ether oxygens (including phenoxy) is 1. The first kappa shape index (κ1) is 13.9. The van der Waals surface area contributed by atoms with E-state index in [1.54, 1.807) is 6.92 Å². The molecule has 98 valence electrons. The van der Waals surface area contributed by atoms with Crippen molar-refractivity contribution >= 4 is 11.8 Å². The number of likely N-dealkylation sites (N-methyl/N-ethyl adjacent to an activating group) is 1. The number of rotatable bonds is 5. The maximum Gasteiger partial charge on any atom is 0.249 e. The van der Waals surface area contributed by atoms with Crippen LogP contribution in [0.4, 0.5) is 0 Å². The van der Waals surface area contributed by atoms with E-state index in [-0.39, 0.29) is 17.9 Å². The quantitative estimate of drug-likeness (QED) is 0.585. The number of nitrogens with two attached hydrogens (primary N) is 1. The average molecular weight is 243 g/mol. The standard InChI is InChI=1S/C11H21N3O3/c1-3-13-10(15)7(2)14-11(16)9-5-4-8(6-12)17-9/h7-9H,3-6,12H2,1-2H3,(H,13,15)(H,14,16). The lowest BCUT2D eigenvalue weighted by Gasteiger charge is -2.17. The third-order valence-electron chi connectivity index (χ3n) is 2.77. The fourth-order valence-electron chi connectivity index (χ4n) is 1.77. The molecule has 6 heteroatoms. The highest BCUT2D eigenvalue weighted by atomic mass is 16.5.